The Kier molecular flexibility index (Phi) is 7.58. The number of hydrogen-bond donors (Lipinski definition) is 3. The van der Waals surface area contributed by atoms with Crippen LogP contribution in [0.2, 0.25) is 0 Å². The van der Waals surface area contributed by atoms with E-state index in [0.717, 1.165) is 0 Å². The van der Waals surface area contributed by atoms with Crippen LogP contribution in [0.1, 0.15) is 23.2 Å². The molecule has 0 saturated heterocycles. The van der Waals surface area contributed by atoms with E-state index in [9.17, 15) is 14.7 Å². The zero-order valence-electron chi connectivity index (χ0n) is 10.6. The molecule has 0 aromatic heterocycles. The summed E-state index contributed by atoms with van der Waals surface area (Å²) in [5, 5.41) is 14.4. The number of thiocarbonyl (C=S) groups is 1. The highest BCUT2D eigenvalue weighted by atomic mass is 79.9. The van der Waals surface area contributed by atoms with Crippen molar-refractivity contribution in [2.24, 2.45) is 0 Å². The number of hydrogen-bond acceptors (Lipinski definition) is 3. The first-order valence-corrected chi connectivity index (χ1v) is 8.27. The zero-order valence-corrected chi connectivity index (χ0v) is 15.3. The predicted molar refractivity (Wildman–Crippen MR) is 93.1 cm³/mol. The maximum absolute atomic E-state index is 11.5. The van der Waals surface area contributed by atoms with E-state index in [0.29, 0.717) is 21.2 Å². The maximum Gasteiger partial charge on any atom is 0.337 e. The molecular weight excluding hydrogens is 447 g/mol. The smallest absolute Gasteiger partial charge is 0.337 e. The maximum atomic E-state index is 11.5. The molecule has 114 valence electrons. The number of nitrogens with one attached hydrogen (secondary N) is 2. The van der Waals surface area contributed by atoms with Gasteiger partial charge in [0.15, 0.2) is 5.11 Å². The van der Waals surface area contributed by atoms with E-state index in [2.05, 4.69) is 42.5 Å². The molecule has 21 heavy (non-hydrogen) atoms. The number of benzene rings is 1. The lowest BCUT2D eigenvalue weighted by atomic mass is 10.2. The zero-order chi connectivity index (χ0) is 16.0. The van der Waals surface area contributed by atoms with Gasteiger partial charge in [-0.25, -0.2) is 4.79 Å². The van der Waals surface area contributed by atoms with Gasteiger partial charge in [-0.2, -0.15) is 0 Å². The van der Waals surface area contributed by atoms with Gasteiger partial charge < -0.3 is 15.7 Å². The van der Waals surface area contributed by atoms with Crippen LogP contribution >= 0.6 is 55.7 Å². The van der Waals surface area contributed by atoms with Gasteiger partial charge in [-0.05, 0) is 46.7 Å². The number of anilines is 1. The van der Waals surface area contributed by atoms with Crippen LogP contribution in [-0.2, 0) is 4.79 Å². The first-order chi connectivity index (χ1) is 9.85. The molecule has 0 unspecified atom stereocenters. The standard InChI is InChI=1S/C12H11Br2ClN2O3S/c13-6-4-7(11(19)20)10(8(14)5-6)17-12(21)16-9(18)2-1-3-15/h4-5H,1-3H2,(H,19,20)(H2,16,17,18,21). The number of carboxylic acid groups (broad SMARTS) is 1. The van der Waals surface area contributed by atoms with Crippen LogP contribution in [0.25, 0.3) is 0 Å². The van der Waals surface area contributed by atoms with Crippen molar-refractivity contribution in [2.45, 2.75) is 12.8 Å². The summed E-state index contributed by atoms with van der Waals surface area (Å²) in [5.74, 6) is -1.01. The van der Waals surface area contributed by atoms with Crippen molar-refractivity contribution in [2.75, 3.05) is 11.2 Å². The predicted octanol–water partition coefficient (Wildman–Crippen LogP) is 3.74. The van der Waals surface area contributed by atoms with E-state index in [1.54, 1.807) is 6.07 Å². The number of aromatic carboxylic acids is 1. The van der Waals surface area contributed by atoms with Crippen molar-refractivity contribution >= 4 is 78.4 Å². The first-order valence-electron chi connectivity index (χ1n) is 5.74. The van der Waals surface area contributed by atoms with E-state index in [-0.39, 0.29) is 28.7 Å². The summed E-state index contributed by atoms with van der Waals surface area (Å²) in [6.45, 7) is 0. The lowest BCUT2D eigenvalue weighted by molar-refractivity contribution is -0.119. The molecule has 0 aliphatic rings. The van der Waals surface area contributed by atoms with Crippen LogP contribution in [-0.4, -0.2) is 28.0 Å². The Balaban J connectivity index is 2.85. The third kappa shape index (κ3) is 5.90. The highest BCUT2D eigenvalue weighted by Gasteiger charge is 2.16. The number of halogens is 3. The van der Waals surface area contributed by atoms with Gasteiger partial charge in [0, 0.05) is 21.2 Å². The molecule has 5 nitrogen and oxygen atoms in total. The average molecular weight is 459 g/mol. The lowest BCUT2D eigenvalue weighted by Gasteiger charge is -2.13. The largest absolute Gasteiger partial charge is 0.478 e. The van der Waals surface area contributed by atoms with Gasteiger partial charge in [0.25, 0.3) is 0 Å². The Morgan fingerprint density at radius 2 is 2.00 bits per heavy atom. The summed E-state index contributed by atoms with van der Waals surface area (Å²) in [6.07, 6.45) is 0.789. The molecule has 1 amide bonds. The second-order valence-electron chi connectivity index (χ2n) is 3.91. The van der Waals surface area contributed by atoms with Gasteiger partial charge in [-0.15, -0.1) is 11.6 Å². The van der Waals surface area contributed by atoms with Gasteiger partial charge >= 0.3 is 5.97 Å². The van der Waals surface area contributed by atoms with E-state index in [4.69, 9.17) is 23.8 Å². The average Bonchev–Trinajstić information content (AvgIpc) is 2.38. The van der Waals surface area contributed by atoms with Crippen LogP contribution in [0.4, 0.5) is 5.69 Å². The molecular formula is C12H11Br2ClN2O3S. The van der Waals surface area contributed by atoms with Crippen molar-refractivity contribution in [3.8, 4) is 0 Å². The number of carboxylic acids is 1. The van der Waals surface area contributed by atoms with Gasteiger partial charge in [0.2, 0.25) is 5.91 Å². The normalized spacial score (nSPS) is 10.0. The second-order valence-corrected chi connectivity index (χ2v) is 6.47. The summed E-state index contributed by atoms with van der Waals surface area (Å²) in [5.41, 5.74) is 0.293. The molecule has 0 radical (unpaired) electrons. The highest BCUT2D eigenvalue weighted by molar-refractivity contribution is 9.11. The number of rotatable bonds is 5. The quantitative estimate of drug-likeness (QED) is 0.463. The molecule has 1 aromatic rings. The minimum atomic E-state index is -1.12. The molecule has 0 bridgehead atoms. The van der Waals surface area contributed by atoms with E-state index in [1.807, 2.05) is 0 Å². The van der Waals surface area contributed by atoms with Crippen molar-refractivity contribution in [1.29, 1.82) is 0 Å². The third-order valence-corrected chi connectivity index (χ3v) is 3.87. The topological polar surface area (TPSA) is 78.4 Å². The number of alkyl halides is 1. The highest BCUT2D eigenvalue weighted by Crippen LogP contribution is 2.30. The molecule has 1 aromatic carbocycles. The Hall–Kier alpha value is -0.700. The van der Waals surface area contributed by atoms with Crippen LogP contribution in [0.3, 0.4) is 0 Å². The van der Waals surface area contributed by atoms with E-state index < -0.39 is 5.97 Å². The molecule has 0 saturated carbocycles. The van der Waals surface area contributed by atoms with Crippen LogP contribution in [0, 0.1) is 0 Å². The molecule has 0 spiro atoms. The van der Waals surface area contributed by atoms with Crippen molar-refractivity contribution < 1.29 is 14.7 Å². The second kappa shape index (κ2) is 8.67. The minimum absolute atomic E-state index is 0.0219. The summed E-state index contributed by atoms with van der Waals surface area (Å²) < 4.78 is 1.11. The van der Waals surface area contributed by atoms with Gasteiger partial charge in [-0.1, -0.05) is 15.9 Å². The summed E-state index contributed by atoms with van der Waals surface area (Å²) in [7, 11) is 0. The van der Waals surface area contributed by atoms with Crippen LogP contribution < -0.4 is 10.6 Å². The number of amides is 1. The fourth-order valence-corrected chi connectivity index (χ4v) is 3.10. The molecule has 0 atom stereocenters. The van der Waals surface area contributed by atoms with Gasteiger partial charge in [-0.3, -0.25) is 4.79 Å². The molecule has 0 aliphatic heterocycles. The summed E-state index contributed by atoms with van der Waals surface area (Å²) in [6, 6.07) is 3.11. The molecule has 0 heterocycles. The van der Waals surface area contributed by atoms with E-state index in [1.165, 1.54) is 6.07 Å². The fraction of sp³-hybridized carbons (Fsp3) is 0.250. The Morgan fingerprint density at radius 3 is 2.57 bits per heavy atom. The third-order valence-electron chi connectivity index (χ3n) is 2.31. The molecule has 1 rings (SSSR count). The monoisotopic (exact) mass is 456 g/mol. The van der Waals surface area contributed by atoms with Gasteiger partial charge in [0.05, 0.1) is 11.3 Å². The SMILES string of the molecule is O=C(CCCCl)NC(=S)Nc1c(Br)cc(Br)cc1C(=O)O. The number of carbonyl (C=O) groups excluding carboxylic acids is 1. The van der Waals surface area contributed by atoms with E-state index >= 15 is 0 Å². The van der Waals surface area contributed by atoms with Crippen LogP contribution in [0.15, 0.2) is 21.1 Å². The first kappa shape index (κ1) is 18.3. The van der Waals surface area contributed by atoms with Gasteiger partial charge in [0.1, 0.15) is 0 Å². The van der Waals surface area contributed by atoms with Crippen molar-refractivity contribution in [1.82, 2.24) is 5.32 Å². The molecule has 3 N–H and O–H groups in total. The Morgan fingerprint density at radius 1 is 1.33 bits per heavy atom. The minimum Gasteiger partial charge on any atom is -0.478 e. The lowest BCUT2D eigenvalue weighted by Crippen LogP contribution is -2.34. The number of carbonyl (C=O) groups is 2. The van der Waals surface area contributed by atoms with Crippen molar-refractivity contribution in [3.63, 3.8) is 0 Å². The van der Waals surface area contributed by atoms with Crippen LogP contribution in [0.5, 0.6) is 0 Å². The fourth-order valence-electron chi connectivity index (χ4n) is 1.43. The van der Waals surface area contributed by atoms with Crippen molar-refractivity contribution in [3.05, 3.63) is 26.6 Å². The Labute approximate surface area is 148 Å². The Bertz CT molecular complexity index is 584. The molecule has 0 aliphatic carbocycles. The molecule has 0 fully saturated rings. The summed E-state index contributed by atoms with van der Waals surface area (Å²) >= 11 is 17.0. The molecule has 9 heteroatoms. The summed E-state index contributed by atoms with van der Waals surface area (Å²) in [4.78, 5) is 22.8.